The molecule has 0 saturated heterocycles. The maximum Gasteiger partial charge on any atom is 1.00 e. The van der Waals surface area contributed by atoms with Crippen LogP contribution in [0.5, 0.6) is 23.0 Å². The molecule has 294 valence electrons. The third-order valence-corrected chi connectivity index (χ3v) is 10.1. The van der Waals surface area contributed by atoms with E-state index in [4.69, 9.17) is 0 Å². The molecule has 0 aromatic heterocycles. The zero-order valence-corrected chi connectivity index (χ0v) is 36.4. The van der Waals surface area contributed by atoms with Crippen LogP contribution in [0.4, 0.5) is 34.1 Å². The van der Waals surface area contributed by atoms with E-state index in [2.05, 4.69) is 20.5 Å². The van der Waals surface area contributed by atoms with Crippen LogP contribution in [0.1, 0.15) is 65.5 Å². The quantitative estimate of drug-likeness (QED) is 0.0522. The number of nitrogens with zero attached hydrogens (tertiary/aromatic N) is 6. The molecule has 6 aromatic rings. The van der Waals surface area contributed by atoms with Crippen LogP contribution >= 0.6 is 0 Å². The number of benzene rings is 6. The number of phenolic OH excluding ortho intramolecular Hbond substituents is 3. The van der Waals surface area contributed by atoms with Gasteiger partial charge in [-0.2, -0.15) is 5.11 Å². The maximum atomic E-state index is 12.5. The minimum absolute atomic E-state index is 0. The maximum absolute atomic E-state index is 12.5. The predicted octanol–water partition coefficient (Wildman–Crippen LogP) is 8.89. The third-order valence-electron chi connectivity index (χ3n) is 10.1. The standard InChI is InChI=1S/2C21H21N3O4.Cr.Na/c2*1-4-21(2,3)14-11-16(20(26)17(12-14)24(27)28)22-23-19-15-8-6-5-7-13(15)9-10-18(19)25;;/h2*5-12,25-26H,4H2,1-3H3;;/q;;;+1/p-1. The van der Waals surface area contributed by atoms with E-state index in [0.717, 1.165) is 23.6 Å². The van der Waals surface area contributed by atoms with Crippen molar-refractivity contribution in [3.05, 3.63) is 128 Å². The van der Waals surface area contributed by atoms with E-state index in [1.807, 2.05) is 71.9 Å². The molecule has 0 unspecified atom stereocenters. The van der Waals surface area contributed by atoms with Gasteiger partial charge in [0.25, 0.3) is 5.69 Å². The zero-order valence-electron chi connectivity index (χ0n) is 33.1. The van der Waals surface area contributed by atoms with Crippen LogP contribution in [-0.2, 0) is 28.2 Å². The van der Waals surface area contributed by atoms with E-state index in [1.165, 1.54) is 30.3 Å². The molecule has 0 spiro atoms. The van der Waals surface area contributed by atoms with Gasteiger partial charge in [0.2, 0.25) is 5.75 Å². The van der Waals surface area contributed by atoms with Gasteiger partial charge in [-0.25, -0.2) is 0 Å². The topological polar surface area (TPSA) is 219 Å². The Bertz CT molecular complexity index is 2370. The van der Waals surface area contributed by atoms with Gasteiger partial charge in [-0.15, -0.1) is 15.3 Å². The summed E-state index contributed by atoms with van der Waals surface area (Å²) < 4.78 is 0. The number of hydrogen-bond donors (Lipinski definition) is 3. The Morgan fingerprint density at radius 3 is 1.41 bits per heavy atom. The van der Waals surface area contributed by atoms with Crippen molar-refractivity contribution < 1.29 is 77.2 Å². The first-order valence-electron chi connectivity index (χ1n) is 17.8. The fraction of sp³-hybridized carbons (Fsp3) is 0.238. The zero-order chi connectivity index (χ0) is 40.9. The molecule has 6 rings (SSSR count). The van der Waals surface area contributed by atoms with E-state index in [0.29, 0.717) is 21.9 Å². The van der Waals surface area contributed by atoms with Gasteiger partial charge >= 0.3 is 35.2 Å². The summed E-state index contributed by atoms with van der Waals surface area (Å²) in [4.78, 5) is 21.4. The fourth-order valence-electron chi connectivity index (χ4n) is 5.72. The second-order valence-electron chi connectivity index (χ2n) is 14.4. The Balaban J connectivity index is 0.000000300. The van der Waals surface area contributed by atoms with Crippen molar-refractivity contribution in [2.24, 2.45) is 20.5 Å². The van der Waals surface area contributed by atoms with Gasteiger partial charge in [0.15, 0.2) is 0 Å². The van der Waals surface area contributed by atoms with Gasteiger partial charge in [-0.1, -0.05) is 102 Å². The summed E-state index contributed by atoms with van der Waals surface area (Å²) in [5, 5.41) is 85.2. The van der Waals surface area contributed by atoms with Crippen molar-refractivity contribution in [1.82, 2.24) is 0 Å². The van der Waals surface area contributed by atoms with Crippen molar-refractivity contribution in [2.75, 3.05) is 0 Å². The summed E-state index contributed by atoms with van der Waals surface area (Å²) in [6, 6.07) is 27.0. The Morgan fingerprint density at radius 2 is 0.983 bits per heavy atom. The number of nitro benzene ring substituents is 2. The Morgan fingerprint density at radius 1 is 0.586 bits per heavy atom. The van der Waals surface area contributed by atoms with E-state index in [-0.39, 0.29) is 92.0 Å². The molecule has 0 aliphatic rings. The molecule has 3 N–H and O–H groups in total. The van der Waals surface area contributed by atoms with Crippen LogP contribution in [0.25, 0.3) is 21.5 Å². The van der Waals surface area contributed by atoms with Crippen LogP contribution in [0, 0.1) is 20.2 Å². The van der Waals surface area contributed by atoms with Gasteiger partial charge in [-0.3, -0.25) is 20.2 Å². The summed E-state index contributed by atoms with van der Waals surface area (Å²) in [6.45, 7) is 11.7. The molecule has 14 nitrogen and oxygen atoms in total. The van der Waals surface area contributed by atoms with Crippen LogP contribution in [0.15, 0.2) is 118 Å². The first kappa shape index (κ1) is 47.0. The summed E-state index contributed by atoms with van der Waals surface area (Å²) in [5.41, 5.74) is -0.0517. The molecular formula is C42H41CrN6NaO8. The number of azo groups is 2. The van der Waals surface area contributed by atoms with Gasteiger partial charge < -0.3 is 20.4 Å². The van der Waals surface area contributed by atoms with Gasteiger partial charge in [-0.05, 0) is 69.8 Å². The number of nitro groups is 2. The molecule has 0 aliphatic carbocycles. The molecule has 0 atom stereocenters. The summed E-state index contributed by atoms with van der Waals surface area (Å²) >= 11 is 0. The van der Waals surface area contributed by atoms with E-state index < -0.39 is 32.7 Å². The molecule has 0 aliphatic heterocycles. The van der Waals surface area contributed by atoms with Crippen LogP contribution < -0.4 is 34.7 Å². The van der Waals surface area contributed by atoms with Crippen LogP contribution in [0.3, 0.4) is 0 Å². The minimum atomic E-state index is -0.802. The number of hydrogen-bond acceptors (Lipinski definition) is 12. The van der Waals surface area contributed by atoms with E-state index in [9.17, 15) is 40.7 Å². The molecule has 0 amide bonds. The van der Waals surface area contributed by atoms with E-state index >= 15 is 0 Å². The monoisotopic (exact) mass is 832 g/mol. The second-order valence-corrected chi connectivity index (χ2v) is 14.4. The molecule has 0 saturated carbocycles. The van der Waals surface area contributed by atoms with Crippen molar-refractivity contribution in [3.8, 4) is 23.0 Å². The second kappa shape index (κ2) is 19.3. The molecule has 0 radical (unpaired) electrons. The normalized spacial score (nSPS) is 11.6. The first-order chi connectivity index (χ1) is 26.5. The number of aromatic hydroxyl groups is 3. The molecule has 0 fully saturated rings. The molecule has 16 heteroatoms. The molecule has 6 aromatic carbocycles. The molecule has 0 bridgehead atoms. The van der Waals surface area contributed by atoms with Gasteiger partial charge in [0, 0.05) is 46.0 Å². The predicted molar refractivity (Wildman–Crippen MR) is 214 cm³/mol. The SMILES string of the molecule is CCC(C)(C)c1cc(N=Nc2c(O)ccc3ccccc23)c(O)c([N+](=O)[O-])c1.CCC(C)(C)c1cc(N=Nc2c(O)ccc3ccccc23)c([O-])c([N+](=O)[O-])c1.[Cr].[Na+]. The fourth-order valence-corrected chi connectivity index (χ4v) is 5.72. The van der Waals surface area contributed by atoms with Crippen LogP contribution in [0.2, 0.25) is 0 Å². The van der Waals surface area contributed by atoms with E-state index in [1.54, 1.807) is 36.4 Å². The smallest absolute Gasteiger partial charge is 0.866 e. The Kier molecular flexibility index (Phi) is 15.7. The number of rotatable bonds is 10. The van der Waals surface area contributed by atoms with Gasteiger partial charge in [0.05, 0.1) is 15.5 Å². The minimum Gasteiger partial charge on any atom is -0.866 e. The van der Waals surface area contributed by atoms with Gasteiger partial charge in [0.1, 0.15) is 28.6 Å². The summed E-state index contributed by atoms with van der Waals surface area (Å²) in [6.07, 6.45) is 1.47. The van der Waals surface area contributed by atoms with Crippen molar-refractivity contribution >= 4 is 55.7 Å². The molecular weight excluding hydrogens is 791 g/mol. The Hall–Kier alpha value is -5.43. The van der Waals surface area contributed by atoms with Crippen molar-refractivity contribution in [1.29, 1.82) is 0 Å². The Labute approximate surface area is 367 Å². The molecule has 0 heterocycles. The average molecular weight is 833 g/mol. The summed E-state index contributed by atoms with van der Waals surface area (Å²) in [5.74, 6) is -1.51. The summed E-state index contributed by atoms with van der Waals surface area (Å²) in [7, 11) is 0. The van der Waals surface area contributed by atoms with Crippen molar-refractivity contribution in [3.63, 3.8) is 0 Å². The third kappa shape index (κ3) is 10.2. The first-order valence-corrected chi connectivity index (χ1v) is 17.8. The largest absolute Gasteiger partial charge is 1.00 e. The number of phenols is 3. The number of fused-ring (bicyclic) bond motifs is 2. The molecule has 58 heavy (non-hydrogen) atoms. The van der Waals surface area contributed by atoms with Crippen LogP contribution in [-0.4, -0.2) is 25.2 Å². The average Bonchev–Trinajstić information content (AvgIpc) is 3.18. The van der Waals surface area contributed by atoms with Crippen molar-refractivity contribution in [2.45, 2.75) is 65.2 Å².